The van der Waals surface area contributed by atoms with Crippen LogP contribution in [0, 0.1) is 5.82 Å². The van der Waals surface area contributed by atoms with Crippen LogP contribution >= 0.6 is 11.9 Å². The fourth-order valence-corrected chi connectivity index (χ4v) is 3.58. The van der Waals surface area contributed by atoms with E-state index in [2.05, 4.69) is 17.0 Å². The lowest BCUT2D eigenvalue weighted by Crippen LogP contribution is -2.42. The van der Waals surface area contributed by atoms with Crippen molar-refractivity contribution in [2.45, 2.75) is 30.6 Å². The number of carboxylic acid groups (broad SMARTS) is 1. The molecular formula is C15H20FN3O3S. The number of carbonyl (C=O) groups excluding carboxylic acids is 1. The molecule has 1 fully saturated rings. The number of nitrogens with one attached hydrogen (secondary N) is 2. The van der Waals surface area contributed by atoms with E-state index in [1.165, 1.54) is 6.07 Å². The number of rotatable bonds is 6. The second kappa shape index (κ2) is 7.76. The van der Waals surface area contributed by atoms with Crippen LogP contribution in [0.2, 0.25) is 0 Å². The molecule has 0 aliphatic carbocycles. The molecule has 3 atom stereocenters. The fourth-order valence-electron chi connectivity index (χ4n) is 2.51. The topological polar surface area (TPSA) is 104 Å². The Morgan fingerprint density at radius 3 is 2.91 bits per heavy atom. The minimum Gasteiger partial charge on any atom is -0.480 e. The first-order chi connectivity index (χ1) is 10.9. The largest absolute Gasteiger partial charge is 0.480 e. The zero-order valence-electron chi connectivity index (χ0n) is 12.7. The Morgan fingerprint density at radius 1 is 1.52 bits per heavy atom. The summed E-state index contributed by atoms with van der Waals surface area (Å²) in [4.78, 5) is 22.7. The van der Waals surface area contributed by atoms with Crippen molar-refractivity contribution in [1.29, 1.82) is 0 Å². The molecule has 0 spiro atoms. The second-order valence-corrected chi connectivity index (χ2v) is 6.58. The lowest BCUT2D eigenvalue weighted by molar-refractivity contribution is -0.138. The number of carbonyl (C=O) groups is 2. The van der Waals surface area contributed by atoms with E-state index in [1.807, 2.05) is 0 Å². The van der Waals surface area contributed by atoms with Crippen LogP contribution in [0.4, 0.5) is 4.39 Å². The predicted molar refractivity (Wildman–Crippen MR) is 86.8 cm³/mol. The van der Waals surface area contributed by atoms with Gasteiger partial charge in [-0.3, -0.25) is 14.3 Å². The van der Waals surface area contributed by atoms with Gasteiger partial charge in [0.25, 0.3) is 5.91 Å². The Balaban J connectivity index is 2.13. The normalized spacial score (nSPS) is 21.9. The van der Waals surface area contributed by atoms with Crippen molar-refractivity contribution in [2.24, 2.45) is 5.73 Å². The predicted octanol–water partition coefficient (Wildman–Crippen LogP) is 1.08. The van der Waals surface area contributed by atoms with E-state index in [0.29, 0.717) is 5.25 Å². The third-order valence-corrected chi connectivity index (χ3v) is 5.10. The SMILES string of the molecule is CCC1SNCC1c1cc(F)cc(C(=O)NC[C@@H](N)C(=O)O)c1. The van der Waals surface area contributed by atoms with Crippen LogP contribution < -0.4 is 15.8 Å². The summed E-state index contributed by atoms with van der Waals surface area (Å²) in [6.45, 7) is 2.58. The van der Waals surface area contributed by atoms with Gasteiger partial charge in [0.1, 0.15) is 11.9 Å². The molecule has 1 aromatic carbocycles. The Hall–Kier alpha value is -1.64. The number of nitrogens with two attached hydrogens (primary N) is 1. The van der Waals surface area contributed by atoms with Crippen molar-refractivity contribution >= 4 is 23.8 Å². The molecule has 1 amide bonds. The van der Waals surface area contributed by atoms with Crippen molar-refractivity contribution in [3.8, 4) is 0 Å². The number of aliphatic carboxylic acids is 1. The first-order valence-corrected chi connectivity index (χ1v) is 8.26. The van der Waals surface area contributed by atoms with Gasteiger partial charge in [0.15, 0.2) is 0 Å². The molecule has 0 bridgehead atoms. The molecule has 1 aliphatic heterocycles. The number of hydrogen-bond acceptors (Lipinski definition) is 5. The molecule has 126 valence electrons. The molecule has 1 aromatic rings. The van der Waals surface area contributed by atoms with Crippen LogP contribution in [-0.2, 0) is 4.79 Å². The van der Waals surface area contributed by atoms with Crippen molar-refractivity contribution in [2.75, 3.05) is 13.1 Å². The maximum atomic E-state index is 13.9. The zero-order chi connectivity index (χ0) is 17.0. The van der Waals surface area contributed by atoms with Gasteiger partial charge < -0.3 is 16.2 Å². The summed E-state index contributed by atoms with van der Waals surface area (Å²) in [6.07, 6.45) is 0.938. The van der Waals surface area contributed by atoms with Gasteiger partial charge >= 0.3 is 5.97 Å². The highest BCUT2D eigenvalue weighted by Crippen LogP contribution is 2.35. The molecule has 1 saturated heterocycles. The first-order valence-electron chi connectivity index (χ1n) is 7.38. The van der Waals surface area contributed by atoms with E-state index < -0.39 is 23.7 Å². The number of amides is 1. The second-order valence-electron chi connectivity index (χ2n) is 5.45. The molecule has 2 unspecified atom stereocenters. The molecule has 2 rings (SSSR count). The van der Waals surface area contributed by atoms with E-state index >= 15 is 0 Å². The fraction of sp³-hybridized carbons (Fsp3) is 0.467. The van der Waals surface area contributed by atoms with Crippen molar-refractivity contribution in [3.05, 3.63) is 35.1 Å². The molecular weight excluding hydrogens is 321 g/mol. The smallest absolute Gasteiger partial charge is 0.322 e. The number of halogens is 1. The molecule has 0 saturated carbocycles. The lowest BCUT2D eigenvalue weighted by Gasteiger charge is -2.17. The zero-order valence-corrected chi connectivity index (χ0v) is 13.5. The van der Waals surface area contributed by atoms with E-state index in [4.69, 9.17) is 10.8 Å². The molecule has 8 heteroatoms. The highest BCUT2D eigenvalue weighted by Gasteiger charge is 2.29. The average Bonchev–Trinajstić information content (AvgIpc) is 3.00. The molecule has 6 nitrogen and oxygen atoms in total. The van der Waals surface area contributed by atoms with E-state index in [1.54, 1.807) is 18.0 Å². The standard InChI is InChI=1S/C15H20FN3O3S/c1-2-13-11(6-19-23-13)8-3-9(5-10(16)4-8)14(20)18-7-12(17)15(21)22/h3-5,11-13,19H,2,6-7,17H2,1H3,(H,18,20)(H,21,22)/t11?,12-,13?/m1/s1. The highest BCUT2D eigenvalue weighted by atomic mass is 32.2. The third kappa shape index (κ3) is 4.43. The summed E-state index contributed by atoms with van der Waals surface area (Å²) >= 11 is 1.63. The molecule has 0 radical (unpaired) electrons. The van der Waals surface area contributed by atoms with Crippen LogP contribution in [-0.4, -0.2) is 41.4 Å². The summed E-state index contributed by atoms with van der Waals surface area (Å²) < 4.78 is 17.1. The van der Waals surface area contributed by atoms with E-state index in [0.717, 1.165) is 24.6 Å². The average molecular weight is 341 g/mol. The Bertz CT molecular complexity index is 599. The van der Waals surface area contributed by atoms with Gasteiger partial charge in [-0.05, 0) is 30.2 Å². The Morgan fingerprint density at radius 2 is 2.26 bits per heavy atom. The van der Waals surface area contributed by atoms with Gasteiger partial charge in [-0.15, -0.1) is 0 Å². The minimum absolute atomic E-state index is 0.133. The van der Waals surface area contributed by atoms with Crippen molar-refractivity contribution in [1.82, 2.24) is 10.0 Å². The molecule has 23 heavy (non-hydrogen) atoms. The van der Waals surface area contributed by atoms with Crippen LogP contribution in [0.15, 0.2) is 18.2 Å². The first kappa shape index (κ1) is 17.7. The molecule has 1 aliphatic rings. The Kier molecular flexibility index (Phi) is 5.97. The lowest BCUT2D eigenvalue weighted by atomic mass is 9.92. The van der Waals surface area contributed by atoms with Gasteiger partial charge in [0, 0.05) is 29.8 Å². The summed E-state index contributed by atoms with van der Waals surface area (Å²) in [6, 6.07) is 3.06. The number of hydrogen-bond donors (Lipinski definition) is 4. The summed E-state index contributed by atoms with van der Waals surface area (Å²) in [5.74, 6) is -2.09. The van der Waals surface area contributed by atoms with Crippen LogP contribution in [0.3, 0.4) is 0 Å². The van der Waals surface area contributed by atoms with Gasteiger partial charge in [-0.2, -0.15) is 0 Å². The number of carboxylic acids is 1. The van der Waals surface area contributed by atoms with Gasteiger partial charge in [-0.1, -0.05) is 18.9 Å². The highest BCUT2D eigenvalue weighted by molar-refractivity contribution is 7.98. The minimum atomic E-state index is -1.20. The van der Waals surface area contributed by atoms with Crippen molar-refractivity contribution < 1.29 is 19.1 Å². The van der Waals surface area contributed by atoms with E-state index in [-0.39, 0.29) is 18.0 Å². The van der Waals surface area contributed by atoms with Gasteiger partial charge in [0.2, 0.25) is 0 Å². The Labute approximate surface area is 138 Å². The third-order valence-electron chi connectivity index (χ3n) is 3.80. The summed E-state index contributed by atoms with van der Waals surface area (Å²) in [5.41, 5.74) is 6.28. The number of benzene rings is 1. The molecule has 5 N–H and O–H groups in total. The van der Waals surface area contributed by atoms with Crippen molar-refractivity contribution in [3.63, 3.8) is 0 Å². The quantitative estimate of drug-likeness (QED) is 0.577. The van der Waals surface area contributed by atoms with Crippen LogP contribution in [0.5, 0.6) is 0 Å². The maximum absolute atomic E-state index is 13.9. The van der Waals surface area contributed by atoms with E-state index in [9.17, 15) is 14.0 Å². The maximum Gasteiger partial charge on any atom is 0.322 e. The monoisotopic (exact) mass is 341 g/mol. The van der Waals surface area contributed by atoms with Gasteiger partial charge in [-0.25, -0.2) is 4.39 Å². The van der Waals surface area contributed by atoms with Crippen LogP contribution in [0.25, 0.3) is 0 Å². The molecule has 1 heterocycles. The van der Waals surface area contributed by atoms with Crippen LogP contribution in [0.1, 0.15) is 35.2 Å². The summed E-state index contributed by atoms with van der Waals surface area (Å²) in [5, 5.41) is 11.5. The van der Waals surface area contributed by atoms with Gasteiger partial charge in [0.05, 0.1) is 0 Å². The summed E-state index contributed by atoms with van der Waals surface area (Å²) in [7, 11) is 0. The molecule has 0 aromatic heterocycles.